The molecule has 0 spiro atoms. The van der Waals surface area contributed by atoms with Gasteiger partial charge in [0.1, 0.15) is 0 Å². The Morgan fingerprint density at radius 1 is 1.35 bits per heavy atom. The molecule has 92 valence electrons. The summed E-state index contributed by atoms with van der Waals surface area (Å²) < 4.78 is 0. The van der Waals surface area contributed by atoms with Gasteiger partial charge in [0.05, 0.1) is 0 Å². The average Bonchev–Trinajstić information content (AvgIpc) is 2.40. The minimum atomic E-state index is 0.325. The highest BCUT2D eigenvalue weighted by Gasteiger charge is 2.18. The van der Waals surface area contributed by atoms with Crippen molar-refractivity contribution in [2.75, 3.05) is 19.7 Å². The van der Waals surface area contributed by atoms with Gasteiger partial charge in [-0.2, -0.15) is 0 Å². The van der Waals surface area contributed by atoms with E-state index in [9.17, 15) is 5.11 Å². The highest BCUT2D eigenvalue weighted by atomic mass is 16.3. The number of rotatable bonds is 4. The number of likely N-dealkylation sites (tertiary alicyclic amines) is 1. The summed E-state index contributed by atoms with van der Waals surface area (Å²) in [5, 5.41) is 9.21. The molecule has 0 aromatic heterocycles. The van der Waals surface area contributed by atoms with Crippen molar-refractivity contribution in [2.45, 2.75) is 19.4 Å². The fourth-order valence-corrected chi connectivity index (χ4v) is 2.46. The third kappa shape index (κ3) is 3.42. The van der Waals surface area contributed by atoms with Crippen LogP contribution in [-0.2, 0) is 6.54 Å². The third-order valence-corrected chi connectivity index (χ3v) is 3.48. The third-order valence-electron chi connectivity index (χ3n) is 3.48. The van der Waals surface area contributed by atoms with E-state index in [0.717, 1.165) is 19.6 Å². The highest BCUT2D eigenvalue weighted by molar-refractivity contribution is 5.47. The summed E-state index contributed by atoms with van der Waals surface area (Å²) >= 11 is 0. The second-order valence-electron chi connectivity index (χ2n) is 4.87. The molecule has 0 unspecified atom stereocenters. The van der Waals surface area contributed by atoms with Gasteiger partial charge in [0, 0.05) is 19.7 Å². The standard InChI is InChI=1S/C15H21NO/c1-2-13-5-7-14(8-6-13)10-16-9-3-4-15(11-16)12-17/h2,5-8,15,17H,1,3-4,9-12H2/t15-/m1/s1. The largest absolute Gasteiger partial charge is 0.396 e. The Morgan fingerprint density at radius 2 is 2.12 bits per heavy atom. The Bertz CT molecular complexity index is 358. The molecule has 2 nitrogen and oxygen atoms in total. The minimum absolute atomic E-state index is 0.325. The molecule has 0 amide bonds. The number of aliphatic hydroxyl groups is 1. The van der Waals surface area contributed by atoms with E-state index < -0.39 is 0 Å². The normalized spacial score (nSPS) is 21.4. The maximum Gasteiger partial charge on any atom is 0.0471 e. The molecule has 1 aromatic rings. The fourth-order valence-electron chi connectivity index (χ4n) is 2.46. The zero-order chi connectivity index (χ0) is 12.1. The molecule has 1 fully saturated rings. The SMILES string of the molecule is C=Cc1ccc(CN2CCC[C@@H](CO)C2)cc1. The van der Waals surface area contributed by atoms with Crippen LogP contribution in [0.3, 0.4) is 0 Å². The second kappa shape index (κ2) is 5.99. The van der Waals surface area contributed by atoms with E-state index in [1.165, 1.54) is 24.0 Å². The Hall–Kier alpha value is -1.12. The Morgan fingerprint density at radius 3 is 2.76 bits per heavy atom. The smallest absolute Gasteiger partial charge is 0.0471 e. The van der Waals surface area contributed by atoms with E-state index in [2.05, 4.69) is 35.7 Å². The first-order valence-corrected chi connectivity index (χ1v) is 6.36. The molecule has 1 aromatic carbocycles. The lowest BCUT2D eigenvalue weighted by Gasteiger charge is -2.31. The summed E-state index contributed by atoms with van der Waals surface area (Å²) in [7, 11) is 0. The number of benzene rings is 1. The van der Waals surface area contributed by atoms with Crippen LogP contribution in [0.4, 0.5) is 0 Å². The number of hydrogen-bond acceptors (Lipinski definition) is 2. The van der Waals surface area contributed by atoms with Crippen molar-refractivity contribution < 1.29 is 5.11 Å². The first-order chi connectivity index (χ1) is 8.31. The van der Waals surface area contributed by atoms with Crippen molar-refractivity contribution in [2.24, 2.45) is 5.92 Å². The maximum atomic E-state index is 9.21. The van der Waals surface area contributed by atoms with E-state index in [-0.39, 0.29) is 0 Å². The molecule has 0 aliphatic carbocycles. The first-order valence-electron chi connectivity index (χ1n) is 6.36. The molecule has 1 N–H and O–H groups in total. The van der Waals surface area contributed by atoms with E-state index >= 15 is 0 Å². The van der Waals surface area contributed by atoms with Crippen molar-refractivity contribution in [1.82, 2.24) is 4.90 Å². The van der Waals surface area contributed by atoms with E-state index in [1.807, 2.05) is 6.08 Å². The molecule has 17 heavy (non-hydrogen) atoms. The quantitative estimate of drug-likeness (QED) is 0.860. The lowest BCUT2D eigenvalue weighted by molar-refractivity contribution is 0.116. The van der Waals surface area contributed by atoms with Gasteiger partial charge in [-0.05, 0) is 36.4 Å². The lowest BCUT2D eigenvalue weighted by atomic mass is 9.98. The van der Waals surface area contributed by atoms with Crippen LogP contribution < -0.4 is 0 Å². The lowest BCUT2D eigenvalue weighted by Crippen LogP contribution is -2.36. The van der Waals surface area contributed by atoms with Crippen LogP contribution in [0, 0.1) is 5.92 Å². The van der Waals surface area contributed by atoms with Gasteiger partial charge in [-0.3, -0.25) is 4.90 Å². The summed E-state index contributed by atoms with van der Waals surface area (Å²) in [5.74, 6) is 0.469. The van der Waals surface area contributed by atoms with Crippen LogP contribution >= 0.6 is 0 Å². The molecule has 1 aliphatic rings. The number of piperidine rings is 1. The average molecular weight is 231 g/mol. The van der Waals surface area contributed by atoms with Crippen LogP contribution in [0.5, 0.6) is 0 Å². The van der Waals surface area contributed by atoms with Crippen molar-refractivity contribution in [3.63, 3.8) is 0 Å². The van der Waals surface area contributed by atoms with Crippen molar-refractivity contribution >= 4 is 6.08 Å². The molecular formula is C15H21NO. The predicted molar refractivity (Wildman–Crippen MR) is 71.6 cm³/mol. The van der Waals surface area contributed by atoms with Gasteiger partial charge < -0.3 is 5.11 Å². The van der Waals surface area contributed by atoms with E-state index in [4.69, 9.17) is 0 Å². The molecule has 1 atom stereocenters. The van der Waals surface area contributed by atoms with Gasteiger partial charge in [-0.15, -0.1) is 0 Å². The van der Waals surface area contributed by atoms with Gasteiger partial charge >= 0.3 is 0 Å². The van der Waals surface area contributed by atoms with E-state index in [1.54, 1.807) is 0 Å². The molecule has 0 radical (unpaired) electrons. The Labute approximate surface area is 104 Å². The van der Waals surface area contributed by atoms with Gasteiger partial charge in [-0.1, -0.05) is 36.9 Å². The van der Waals surface area contributed by atoms with Crippen LogP contribution in [0.1, 0.15) is 24.0 Å². The molecule has 1 aliphatic heterocycles. The fraction of sp³-hybridized carbons (Fsp3) is 0.467. The summed E-state index contributed by atoms with van der Waals surface area (Å²) in [6.45, 7) is 7.26. The molecule has 0 bridgehead atoms. The highest BCUT2D eigenvalue weighted by Crippen LogP contribution is 2.18. The number of aliphatic hydroxyl groups excluding tert-OH is 1. The van der Waals surface area contributed by atoms with Crippen molar-refractivity contribution in [3.05, 3.63) is 42.0 Å². The molecule has 2 heteroatoms. The number of hydrogen-bond donors (Lipinski definition) is 1. The molecule has 0 saturated carbocycles. The van der Waals surface area contributed by atoms with Crippen LogP contribution in [0.2, 0.25) is 0 Å². The van der Waals surface area contributed by atoms with Crippen LogP contribution in [0.15, 0.2) is 30.8 Å². The van der Waals surface area contributed by atoms with Gasteiger partial charge in [0.25, 0.3) is 0 Å². The summed E-state index contributed by atoms with van der Waals surface area (Å²) in [6, 6.07) is 8.55. The molecular weight excluding hydrogens is 210 g/mol. The Balaban J connectivity index is 1.92. The molecule has 2 rings (SSSR count). The molecule has 1 saturated heterocycles. The topological polar surface area (TPSA) is 23.5 Å². The summed E-state index contributed by atoms with van der Waals surface area (Å²) in [5.41, 5.74) is 2.51. The zero-order valence-corrected chi connectivity index (χ0v) is 10.3. The minimum Gasteiger partial charge on any atom is -0.396 e. The Kier molecular flexibility index (Phi) is 4.35. The number of nitrogens with zero attached hydrogens (tertiary/aromatic N) is 1. The van der Waals surface area contributed by atoms with Crippen LogP contribution in [0.25, 0.3) is 6.08 Å². The van der Waals surface area contributed by atoms with Gasteiger partial charge in [-0.25, -0.2) is 0 Å². The zero-order valence-electron chi connectivity index (χ0n) is 10.3. The van der Waals surface area contributed by atoms with E-state index in [0.29, 0.717) is 12.5 Å². The van der Waals surface area contributed by atoms with Gasteiger partial charge in [0.2, 0.25) is 0 Å². The van der Waals surface area contributed by atoms with Crippen LogP contribution in [-0.4, -0.2) is 29.7 Å². The van der Waals surface area contributed by atoms with Crippen molar-refractivity contribution in [1.29, 1.82) is 0 Å². The maximum absolute atomic E-state index is 9.21. The monoisotopic (exact) mass is 231 g/mol. The summed E-state index contributed by atoms with van der Waals surface area (Å²) in [6.07, 6.45) is 4.24. The predicted octanol–water partition coefficient (Wildman–Crippen LogP) is 2.53. The first kappa shape index (κ1) is 12.3. The van der Waals surface area contributed by atoms with Crippen molar-refractivity contribution in [3.8, 4) is 0 Å². The second-order valence-corrected chi connectivity index (χ2v) is 4.87. The van der Waals surface area contributed by atoms with Gasteiger partial charge in [0.15, 0.2) is 0 Å². The summed E-state index contributed by atoms with van der Waals surface area (Å²) in [4.78, 5) is 2.44. The molecule has 1 heterocycles.